The van der Waals surface area contributed by atoms with Crippen molar-refractivity contribution in [3.8, 4) is 0 Å². The van der Waals surface area contributed by atoms with Crippen molar-refractivity contribution in [1.82, 2.24) is 4.90 Å². The van der Waals surface area contributed by atoms with Gasteiger partial charge in [-0.05, 0) is 25.2 Å². The zero-order chi connectivity index (χ0) is 11.4. The van der Waals surface area contributed by atoms with Crippen molar-refractivity contribution in [1.29, 1.82) is 0 Å². The zero-order valence-electron chi connectivity index (χ0n) is 8.85. The largest absolute Gasteiger partial charge is 0.481 e. The van der Waals surface area contributed by atoms with Gasteiger partial charge in [0.1, 0.15) is 0 Å². The lowest BCUT2D eigenvalue weighted by atomic mass is 9.83. The summed E-state index contributed by atoms with van der Waals surface area (Å²) in [5.74, 6) is -0.949. The fourth-order valence-corrected chi connectivity index (χ4v) is 2.20. The van der Waals surface area contributed by atoms with Crippen LogP contribution in [-0.4, -0.2) is 40.3 Å². The van der Waals surface area contributed by atoms with Crippen molar-refractivity contribution < 1.29 is 19.8 Å². The Kier molecular flexibility index (Phi) is 3.94. The summed E-state index contributed by atoms with van der Waals surface area (Å²) in [6, 6.07) is 0. The Morgan fingerprint density at radius 3 is 2.20 bits per heavy atom. The Balaban J connectivity index is 2.49. The normalized spacial score (nSPS) is 19.9. The summed E-state index contributed by atoms with van der Waals surface area (Å²) in [4.78, 5) is 22.9. The zero-order valence-corrected chi connectivity index (χ0v) is 8.85. The lowest BCUT2D eigenvalue weighted by Crippen LogP contribution is -2.40. The van der Waals surface area contributed by atoms with Gasteiger partial charge in [0.15, 0.2) is 0 Å². The lowest BCUT2D eigenvalue weighted by Gasteiger charge is -2.32. The van der Waals surface area contributed by atoms with E-state index in [1.165, 1.54) is 4.90 Å². The molecule has 1 atom stereocenters. The molecule has 0 spiro atoms. The molecular formula is C10H17NO4. The molecule has 1 rings (SSSR count). The Morgan fingerprint density at radius 1 is 1.33 bits per heavy atom. The summed E-state index contributed by atoms with van der Waals surface area (Å²) in [7, 11) is 0. The van der Waals surface area contributed by atoms with Crippen molar-refractivity contribution >= 4 is 12.1 Å². The van der Waals surface area contributed by atoms with Crippen LogP contribution in [-0.2, 0) is 4.79 Å². The van der Waals surface area contributed by atoms with Crippen molar-refractivity contribution in [3.05, 3.63) is 0 Å². The molecule has 86 valence electrons. The maximum atomic E-state index is 10.9. The lowest BCUT2D eigenvalue weighted by molar-refractivity contribution is -0.144. The van der Waals surface area contributed by atoms with Gasteiger partial charge < -0.3 is 15.1 Å². The number of likely N-dealkylation sites (tertiary alicyclic amines) is 1. The summed E-state index contributed by atoms with van der Waals surface area (Å²) in [6.07, 6.45) is 1.04. The van der Waals surface area contributed by atoms with Crippen molar-refractivity contribution in [2.24, 2.45) is 11.8 Å². The van der Waals surface area contributed by atoms with Gasteiger partial charge in [-0.1, -0.05) is 6.92 Å². The van der Waals surface area contributed by atoms with E-state index in [0.717, 1.165) is 0 Å². The molecule has 0 aromatic heterocycles. The Morgan fingerprint density at radius 2 is 1.87 bits per heavy atom. The average Bonchev–Trinajstić information content (AvgIpc) is 2.19. The summed E-state index contributed by atoms with van der Waals surface area (Å²) < 4.78 is 0. The molecule has 1 saturated heterocycles. The number of carboxylic acids is 1. The quantitative estimate of drug-likeness (QED) is 0.747. The number of carboxylic acid groups (broad SMARTS) is 2. The van der Waals surface area contributed by atoms with Gasteiger partial charge in [-0.25, -0.2) is 4.79 Å². The average molecular weight is 215 g/mol. The standard InChI is InChI=1S/C10H17NO4/c1-2-8(9(12)13)7-3-5-11(6-4-7)10(14)15/h7-8H,2-6H2,1H3,(H,12,13)(H,14,15). The first-order chi connectivity index (χ1) is 7.06. The first kappa shape index (κ1) is 11.8. The minimum atomic E-state index is -0.906. The maximum absolute atomic E-state index is 10.9. The highest BCUT2D eigenvalue weighted by Crippen LogP contribution is 2.27. The molecule has 1 aliphatic rings. The van der Waals surface area contributed by atoms with Gasteiger partial charge in [-0.15, -0.1) is 0 Å². The third-order valence-corrected chi connectivity index (χ3v) is 3.14. The fourth-order valence-electron chi connectivity index (χ4n) is 2.20. The van der Waals surface area contributed by atoms with Crippen molar-refractivity contribution in [3.63, 3.8) is 0 Å². The minimum Gasteiger partial charge on any atom is -0.481 e. The highest BCUT2D eigenvalue weighted by atomic mass is 16.4. The van der Waals surface area contributed by atoms with Crippen LogP contribution in [0.3, 0.4) is 0 Å². The summed E-state index contributed by atoms with van der Waals surface area (Å²) in [5.41, 5.74) is 0. The molecule has 1 heterocycles. The van der Waals surface area contributed by atoms with E-state index >= 15 is 0 Å². The van der Waals surface area contributed by atoms with Crippen LogP contribution in [0, 0.1) is 11.8 Å². The van der Waals surface area contributed by atoms with Crippen molar-refractivity contribution in [2.75, 3.05) is 13.1 Å². The molecule has 2 N–H and O–H groups in total. The molecule has 5 heteroatoms. The number of hydrogen-bond donors (Lipinski definition) is 2. The summed E-state index contributed by atoms with van der Waals surface area (Å²) >= 11 is 0. The number of hydrogen-bond acceptors (Lipinski definition) is 2. The first-order valence-corrected chi connectivity index (χ1v) is 5.27. The molecule has 1 aliphatic heterocycles. The molecule has 1 fully saturated rings. The second-order valence-corrected chi connectivity index (χ2v) is 3.96. The van der Waals surface area contributed by atoms with Crippen LogP contribution in [0.4, 0.5) is 4.79 Å². The van der Waals surface area contributed by atoms with Gasteiger partial charge in [0.05, 0.1) is 5.92 Å². The predicted molar refractivity (Wildman–Crippen MR) is 53.7 cm³/mol. The van der Waals surface area contributed by atoms with E-state index in [4.69, 9.17) is 10.2 Å². The molecule has 0 aromatic rings. The van der Waals surface area contributed by atoms with E-state index in [2.05, 4.69) is 0 Å². The maximum Gasteiger partial charge on any atom is 0.407 e. The number of rotatable bonds is 3. The minimum absolute atomic E-state index is 0.128. The monoisotopic (exact) mass is 215 g/mol. The second-order valence-electron chi connectivity index (χ2n) is 3.96. The van der Waals surface area contributed by atoms with E-state index in [0.29, 0.717) is 32.4 Å². The van der Waals surface area contributed by atoms with Crippen LogP contribution >= 0.6 is 0 Å². The SMILES string of the molecule is CCC(C(=O)O)C1CCN(C(=O)O)CC1. The topological polar surface area (TPSA) is 77.8 Å². The van der Waals surface area contributed by atoms with Gasteiger partial charge >= 0.3 is 12.1 Å². The molecule has 0 radical (unpaired) electrons. The number of piperidine rings is 1. The van der Waals surface area contributed by atoms with Crippen LogP contribution < -0.4 is 0 Å². The number of amides is 1. The number of carbonyl (C=O) groups is 2. The third kappa shape index (κ3) is 2.84. The van der Waals surface area contributed by atoms with Crippen LogP contribution in [0.25, 0.3) is 0 Å². The van der Waals surface area contributed by atoms with E-state index in [9.17, 15) is 9.59 Å². The molecule has 15 heavy (non-hydrogen) atoms. The van der Waals surface area contributed by atoms with Gasteiger partial charge in [0, 0.05) is 13.1 Å². The van der Waals surface area contributed by atoms with Gasteiger partial charge in [-0.3, -0.25) is 4.79 Å². The van der Waals surface area contributed by atoms with E-state index in [1.54, 1.807) is 0 Å². The van der Waals surface area contributed by atoms with Gasteiger partial charge in [0.2, 0.25) is 0 Å². The van der Waals surface area contributed by atoms with Crippen molar-refractivity contribution in [2.45, 2.75) is 26.2 Å². The van der Waals surface area contributed by atoms with E-state index in [1.807, 2.05) is 6.92 Å². The van der Waals surface area contributed by atoms with E-state index in [-0.39, 0.29) is 11.8 Å². The first-order valence-electron chi connectivity index (χ1n) is 5.27. The van der Waals surface area contributed by atoms with Gasteiger partial charge in [0.25, 0.3) is 0 Å². The second kappa shape index (κ2) is 5.00. The molecule has 1 unspecified atom stereocenters. The number of aliphatic carboxylic acids is 1. The predicted octanol–water partition coefficient (Wildman–Crippen LogP) is 1.49. The fraction of sp³-hybridized carbons (Fsp3) is 0.800. The molecular weight excluding hydrogens is 198 g/mol. The van der Waals surface area contributed by atoms with Gasteiger partial charge in [-0.2, -0.15) is 0 Å². The van der Waals surface area contributed by atoms with E-state index < -0.39 is 12.1 Å². The van der Waals surface area contributed by atoms with Crippen LogP contribution in [0.5, 0.6) is 0 Å². The number of nitrogens with zero attached hydrogens (tertiary/aromatic N) is 1. The molecule has 0 saturated carbocycles. The summed E-state index contributed by atoms with van der Waals surface area (Å²) in [5, 5.41) is 17.7. The molecule has 1 amide bonds. The Hall–Kier alpha value is -1.26. The molecule has 5 nitrogen and oxygen atoms in total. The van der Waals surface area contributed by atoms with Crippen LogP contribution in [0.1, 0.15) is 26.2 Å². The smallest absolute Gasteiger partial charge is 0.407 e. The highest BCUT2D eigenvalue weighted by molar-refractivity contribution is 5.70. The Labute approximate surface area is 88.7 Å². The van der Waals surface area contributed by atoms with Crippen LogP contribution in [0.15, 0.2) is 0 Å². The highest BCUT2D eigenvalue weighted by Gasteiger charge is 2.31. The molecule has 0 aromatic carbocycles. The Bertz CT molecular complexity index is 246. The summed E-state index contributed by atoms with van der Waals surface area (Å²) in [6.45, 7) is 2.79. The van der Waals surface area contributed by atoms with Crippen LogP contribution in [0.2, 0.25) is 0 Å². The third-order valence-electron chi connectivity index (χ3n) is 3.14. The molecule has 0 bridgehead atoms. The molecule has 0 aliphatic carbocycles.